The summed E-state index contributed by atoms with van der Waals surface area (Å²) in [6.07, 6.45) is 0.358. The second-order valence-electron chi connectivity index (χ2n) is 3.23. The highest BCUT2D eigenvalue weighted by Gasteiger charge is 2.17. The summed E-state index contributed by atoms with van der Waals surface area (Å²) in [7, 11) is 0. The fourth-order valence-corrected chi connectivity index (χ4v) is 2.04. The van der Waals surface area contributed by atoms with Crippen LogP contribution in [0.2, 0.25) is 0 Å². The van der Waals surface area contributed by atoms with E-state index in [9.17, 15) is 18.9 Å². The van der Waals surface area contributed by atoms with Gasteiger partial charge in [0, 0.05) is 11.3 Å². The Morgan fingerprint density at radius 2 is 2.19 bits per heavy atom. The van der Waals surface area contributed by atoms with Crippen molar-refractivity contribution in [3.63, 3.8) is 0 Å². The van der Waals surface area contributed by atoms with Crippen molar-refractivity contribution < 1.29 is 13.7 Å². The third-order valence-electron chi connectivity index (χ3n) is 2.23. The first-order valence-electron chi connectivity index (χ1n) is 4.59. The van der Waals surface area contributed by atoms with Crippen LogP contribution in [-0.4, -0.2) is 13.7 Å². The smallest absolute Gasteiger partial charge is 0.292 e. The molecule has 1 aromatic carbocycles. The van der Waals surface area contributed by atoms with E-state index in [0.717, 1.165) is 0 Å². The van der Waals surface area contributed by atoms with Gasteiger partial charge in [-0.3, -0.25) is 14.3 Å². The number of hydrogen-bond acceptors (Lipinski definition) is 5. The maximum Gasteiger partial charge on any atom is 0.292 e. The van der Waals surface area contributed by atoms with E-state index in [2.05, 4.69) is 0 Å². The molecule has 0 aliphatic carbocycles. The van der Waals surface area contributed by atoms with Crippen LogP contribution in [0.4, 0.5) is 11.4 Å². The molecule has 88 valence electrons. The van der Waals surface area contributed by atoms with Gasteiger partial charge in [-0.1, -0.05) is 13.0 Å². The summed E-state index contributed by atoms with van der Waals surface area (Å²) in [5, 5.41) is 9.89. The van der Waals surface area contributed by atoms with Crippen molar-refractivity contribution in [3.05, 3.63) is 33.9 Å². The van der Waals surface area contributed by atoms with Gasteiger partial charge in [-0.15, -0.1) is 0 Å². The van der Waals surface area contributed by atoms with Gasteiger partial charge in [-0.2, -0.15) is 0 Å². The topological polar surface area (TPSA) is 109 Å². The summed E-state index contributed by atoms with van der Waals surface area (Å²) in [6, 6.07) is 4.05. The van der Waals surface area contributed by atoms with Crippen molar-refractivity contribution in [2.24, 2.45) is 0 Å². The molecule has 7 heteroatoms. The zero-order valence-electron chi connectivity index (χ0n) is 8.58. The summed E-state index contributed by atoms with van der Waals surface area (Å²) >= 11 is -2.30. The van der Waals surface area contributed by atoms with E-state index in [1.807, 2.05) is 0 Å². The largest absolute Gasteiger partial charge is 0.772 e. The maximum absolute atomic E-state index is 10.9. The number of nitrogens with two attached hydrogens (primary N) is 1. The molecule has 2 atom stereocenters. The molecule has 0 spiro atoms. The van der Waals surface area contributed by atoms with Crippen molar-refractivity contribution >= 4 is 22.5 Å². The molecule has 0 aliphatic rings. The van der Waals surface area contributed by atoms with Crippen molar-refractivity contribution in [1.29, 1.82) is 0 Å². The lowest BCUT2D eigenvalue weighted by atomic mass is 10.1. The fraction of sp³-hybridized carbons (Fsp3) is 0.333. The van der Waals surface area contributed by atoms with Crippen molar-refractivity contribution in [2.75, 3.05) is 5.73 Å². The minimum absolute atomic E-state index is 0.0280. The van der Waals surface area contributed by atoms with Crippen LogP contribution in [0.1, 0.15) is 24.2 Å². The van der Waals surface area contributed by atoms with E-state index in [1.165, 1.54) is 18.2 Å². The zero-order chi connectivity index (χ0) is 12.3. The van der Waals surface area contributed by atoms with E-state index in [-0.39, 0.29) is 11.4 Å². The van der Waals surface area contributed by atoms with Crippen molar-refractivity contribution in [1.82, 2.24) is 0 Å². The third-order valence-corrected chi connectivity index (χ3v) is 3.30. The normalized spacial score (nSPS) is 14.4. The summed E-state index contributed by atoms with van der Waals surface area (Å²) in [5.74, 6) is 0. The molecular formula is C9H11N2O4S-. The highest BCUT2D eigenvalue weighted by atomic mass is 32.2. The second kappa shape index (κ2) is 5.04. The maximum atomic E-state index is 10.9. The molecule has 0 bridgehead atoms. The lowest BCUT2D eigenvalue weighted by molar-refractivity contribution is -0.384. The van der Waals surface area contributed by atoms with E-state index in [4.69, 9.17) is 5.73 Å². The number of rotatable bonds is 4. The molecule has 1 rings (SSSR count). The molecule has 0 amide bonds. The quantitative estimate of drug-likeness (QED) is 0.373. The predicted molar refractivity (Wildman–Crippen MR) is 59.5 cm³/mol. The van der Waals surface area contributed by atoms with Gasteiger partial charge >= 0.3 is 0 Å². The first-order valence-corrected chi connectivity index (χ1v) is 5.73. The number of nitro benzene ring substituents is 1. The first-order chi connectivity index (χ1) is 7.47. The van der Waals surface area contributed by atoms with Crippen LogP contribution in [0.25, 0.3) is 0 Å². The number of nitrogen functional groups attached to an aromatic ring is 1. The third kappa shape index (κ3) is 2.56. The Morgan fingerprint density at radius 1 is 1.56 bits per heavy atom. The Hall–Kier alpha value is -1.47. The Labute approximate surface area is 94.9 Å². The van der Waals surface area contributed by atoms with Gasteiger partial charge in [0.15, 0.2) is 0 Å². The molecule has 1 aromatic rings. The van der Waals surface area contributed by atoms with Crippen molar-refractivity contribution in [3.8, 4) is 0 Å². The Balaban J connectivity index is 3.21. The lowest BCUT2D eigenvalue weighted by Gasteiger charge is -2.18. The summed E-state index contributed by atoms with van der Waals surface area (Å²) in [6.45, 7) is 1.70. The summed E-state index contributed by atoms with van der Waals surface area (Å²) < 4.78 is 21.8. The van der Waals surface area contributed by atoms with E-state index in [0.29, 0.717) is 12.0 Å². The lowest BCUT2D eigenvalue weighted by Crippen LogP contribution is -2.06. The van der Waals surface area contributed by atoms with Gasteiger partial charge in [0.25, 0.3) is 5.69 Å². The molecule has 6 nitrogen and oxygen atoms in total. The van der Waals surface area contributed by atoms with Crippen LogP contribution >= 0.6 is 0 Å². The Morgan fingerprint density at radius 3 is 2.62 bits per heavy atom. The standard InChI is InChI=1S/C9H12N2O4S/c1-2-9(16(14)15)6-3-4-7(10)8(5-6)11(12)13/h3-5,9H,2,10H2,1H3,(H,14,15)/p-1. The molecule has 0 radical (unpaired) electrons. The SMILES string of the molecule is CCC(c1ccc(N)c([N+](=O)[O-])c1)S(=O)[O-]. The Kier molecular flexibility index (Phi) is 3.97. The van der Waals surface area contributed by atoms with E-state index in [1.54, 1.807) is 6.92 Å². The van der Waals surface area contributed by atoms with Gasteiger partial charge in [-0.05, 0) is 29.1 Å². The van der Waals surface area contributed by atoms with Crippen LogP contribution < -0.4 is 5.73 Å². The first kappa shape index (κ1) is 12.6. The predicted octanol–water partition coefficient (Wildman–Crippen LogP) is 1.51. The number of anilines is 1. The molecule has 0 aromatic heterocycles. The average molecular weight is 243 g/mol. The highest BCUT2D eigenvalue weighted by Crippen LogP contribution is 2.29. The molecule has 0 saturated heterocycles. The van der Waals surface area contributed by atoms with Crippen LogP contribution in [-0.2, 0) is 11.1 Å². The van der Waals surface area contributed by atoms with Gasteiger partial charge in [0.1, 0.15) is 5.69 Å². The molecule has 0 aliphatic heterocycles. The van der Waals surface area contributed by atoms with Crippen molar-refractivity contribution in [2.45, 2.75) is 18.6 Å². The van der Waals surface area contributed by atoms with Gasteiger partial charge in [-0.25, -0.2) is 0 Å². The van der Waals surface area contributed by atoms with Crippen LogP contribution in [0, 0.1) is 10.1 Å². The molecule has 0 heterocycles. The van der Waals surface area contributed by atoms with E-state index < -0.39 is 21.3 Å². The van der Waals surface area contributed by atoms with Crippen LogP contribution in [0.5, 0.6) is 0 Å². The second-order valence-corrected chi connectivity index (χ2v) is 4.32. The molecule has 0 fully saturated rings. The van der Waals surface area contributed by atoms with Gasteiger partial charge in [0.2, 0.25) is 0 Å². The minimum atomic E-state index is -2.30. The molecule has 2 unspecified atom stereocenters. The average Bonchev–Trinajstić information content (AvgIpc) is 2.20. The van der Waals surface area contributed by atoms with Crippen LogP contribution in [0.15, 0.2) is 18.2 Å². The highest BCUT2D eigenvalue weighted by molar-refractivity contribution is 7.79. The monoisotopic (exact) mass is 243 g/mol. The number of nitrogens with zero attached hydrogens (tertiary/aromatic N) is 1. The summed E-state index contributed by atoms with van der Waals surface area (Å²) in [5.41, 5.74) is 5.56. The number of nitro groups is 1. The fourth-order valence-electron chi connectivity index (χ4n) is 1.40. The van der Waals surface area contributed by atoms with Crippen LogP contribution in [0.3, 0.4) is 0 Å². The zero-order valence-corrected chi connectivity index (χ0v) is 9.40. The molecule has 2 N–H and O–H groups in total. The van der Waals surface area contributed by atoms with Gasteiger partial charge < -0.3 is 10.3 Å². The molecule has 0 saturated carbocycles. The van der Waals surface area contributed by atoms with Gasteiger partial charge in [0.05, 0.1) is 4.92 Å². The summed E-state index contributed by atoms with van der Waals surface area (Å²) in [4.78, 5) is 10.0. The Bertz CT molecular complexity index is 436. The molecular weight excluding hydrogens is 232 g/mol. The number of benzene rings is 1. The number of hydrogen-bond donors (Lipinski definition) is 1. The minimum Gasteiger partial charge on any atom is -0.772 e. The molecule has 16 heavy (non-hydrogen) atoms. The van der Waals surface area contributed by atoms with E-state index >= 15 is 0 Å².